The molecular formula is C22H25F3N2O2S. The van der Waals surface area contributed by atoms with Crippen molar-refractivity contribution < 1.29 is 22.7 Å². The molecule has 0 radical (unpaired) electrons. The lowest BCUT2D eigenvalue weighted by Crippen LogP contribution is -2.58. The number of nitrogens with zero attached hydrogens (tertiary/aromatic N) is 1. The zero-order chi connectivity index (χ0) is 21.9. The van der Waals surface area contributed by atoms with Crippen LogP contribution in [0.2, 0.25) is 0 Å². The largest absolute Gasteiger partial charge is 0.416 e. The van der Waals surface area contributed by atoms with Crippen molar-refractivity contribution >= 4 is 17.8 Å². The predicted octanol–water partition coefficient (Wildman–Crippen LogP) is 5.34. The minimum Gasteiger partial charge on any atom is -0.362 e. The van der Waals surface area contributed by atoms with Crippen molar-refractivity contribution in [2.75, 3.05) is 19.3 Å². The maximum atomic E-state index is 13.8. The molecule has 30 heavy (non-hydrogen) atoms. The van der Waals surface area contributed by atoms with Gasteiger partial charge in [0.15, 0.2) is 0 Å². The highest BCUT2D eigenvalue weighted by atomic mass is 32.2. The van der Waals surface area contributed by atoms with E-state index in [1.165, 1.54) is 23.9 Å². The molecule has 2 aromatic rings. The molecule has 3 rings (SSSR count). The number of carbonyl (C=O) groups is 1. The van der Waals surface area contributed by atoms with E-state index >= 15 is 0 Å². The smallest absolute Gasteiger partial charge is 0.362 e. The minimum absolute atomic E-state index is 0.0128. The topological polar surface area (TPSA) is 41.6 Å². The first kappa shape index (κ1) is 22.5. The second-order valence-corrected chi connectivity index (χ2v) is 8.39. The summed E-state index contributed by atoms with van der Waals surface area (Å²) in [5.41, 5.74) is 0.0264. The maximum Gasteiger partial charge on any atom is 0.416 e. The molecule has 162 valence electrons. The Bertz CT molecular complexity index is 868. The minimum atomic E-state index is -4.50. The standard InChI is InChI=1S/C22H25F3N2O2S/c1-14(2)26-21(28)27-12-16(13-27)29-20(15-7-5-4-6-8-15)18-10-9-17(30-3)11-19(18)22(23,24)25/h4-11,14,16,20H,12-13H2,1-3H3,(H,26,28). The number of hydrogen-bond donors (Lipinski definition) is 1. The number of thioether (sulfide) groups is 1. The predicted molar refractivity (Wildman–Crippen MR) is 112 cm³/mol. The lowest BCUT2D eigenvalue weighted by Gasteiger charge is -2.41. The van der Waals surface area contributed by atoms with Gasteiger partial charge in [-0.25, -0.2) is 4.79 Å². The van der Waals surface area contributed by atoms with E-state index in [4.69, 9.17) is 4.74 Å². The van der Waals surface area contributed by atoms with Crippen molar-refractivity contribution in [3.8, 4) is 0 Å². The molecule has 0 aliphatic carbocycles. The summed E-state index contributed by atoms with van der Waals surface area (Å²) in [5, 5.41) is 2.80. The van der Waals surface area contributed by atoms with E-state index in [-0.39, 0.29) is 23.7 Å². The van der Waals surface area contributed by atoms with Crippen molar-refractivity contribution in [2.24, 2.45) is 0 Å². The number of hydrogen-bond acceptors (Lipinski definition) is 3. The van der Waals surface area contributed by atoms with Gasteiger partial charge in [-0.2, -0.15) is 13.2 Å². The Hall–Kier alpha value is -2.19. The summed E-state index contributed by atoms with van der Waals surface area (Å²) < 4.78 is 47.6. The molecule has 4 nitrogen and oxygen atoms in total. The van der Waals surface area contributed by atoms with Gasteiger partial charge in [-0.15, -0.1) is 11.8 Å². The Morgan fingerprint density at radius 1 is 1.17 bits per heavy atom. The van der Waals surface area contributed by atoms with Gasteiger partial charge < -0.3 is 15.0 Å². The molecule has 1 aliphatic heterocycles. The van der Waals surface area contributed by atoms with E-state index in [0.717, 1.165) is 0 Å². The third kappa shape index (κ3) is 5.29. The van der Waals surface area contributed by atoms with E-state index in [1.807, 2.05) is 19.9 Å². The van der Waals surface area contributed by atoms with Crippen molar-refractivity contribution in [1.29, 1.82) is 0 Å². The van der Waals surface area contributed by atoms with Crippen LogP contribution in [0, 0.1) is 0 Å². The van der Waals surface area contributed by atoms with Crippen molar-refractivity contribution in [3.05, 3.63) is 65.2 Å². The van der Waals surface area contributed by atoms with Crippen LogP contribution in [0.15, 0.2) is 53.4 Å². The van der Waals surface area contributed by atoms with E-state index < -0.39 is 17.8 Å². The maximum absolute atomic E-state index is 13.8. The van der Waals surface area contributed by atoms with Gasteiger partial charge in [-0.3, -0.25) is 0 Å². The lowest BCUT2D eigenvalue weighted by molar-refractivity contribution is -0.140. The van der Waals surface area contributed by atoms with Crippen LogP contribution in [0.3, 0.4) is 0 Å². The Morgan fingerprint density at radius 3 is 2.40 bits per heavy atom. The van der Waals surface area contributed by atoms with Gasteiger partial charge in [0, 0.05) is 10.9 Å². The van der Waals surface area contributed by atoms with Crippen molar-refractivity contribution in [3.63, 3.8) is 0 Å². The first-order valence-electron chi connectivity index (χ1n) is 9.70. The number of likely N-dealkylation sites (tertiary alicyclic amines) is 1. The monoisotopic (exact) mass is 438 g/mol. The summed E-state index contributed by atoms with van der Waals surface area (Å²) >= 11 is 1.26. The number of urea groups is 1. The normalized spacial score (nSPS) is 15.8. The first-order valence-corrected chi connectivity index (χ1v) is 10.9. The summed E-state index contributed by atoms with van der Waals surface area (Å²) in [5.74, 6) is 0. The van der Waals surface area contributed by atoms with Crippen molar-refractivity contribution in [2.45, 2.75) is 43.2 Å². The third-order valence-electron chi connectivity index (χ3n) is 4.83. The molecule has 8 heteroatoms. The number of benzene rings is 2. The van der Waals surface area contributed by atoms with Crippen LogP contribution in [0.5, 0.6) is 0 Å². The molecule has 1 saturated heterocycles. The first-order chi connectivity index (χ1) is 14.2. The molecule has 1 fully saturated rings. The van der Waals surface area contributed by atoms with Gasteiger partial charge in [-0.1, -0.05) is 36.4 Å². The highest BCUT2D eigenvalue weighted by Gasteiger charge is 2.39. The molecule has 1 unspecified atom stereocenters. The van der Waals surface area contributed by atoms with Gasteiger partial charge in [0.05, 0.1) is 24.8 Å². The molecule has 0 bridgehead atoms. The van der Waals surface area contributed by atoms with Crippen LogP contribution in [-0.4, -0.2) is 42.4 Å². The second kappa shape index (κ2) is 9.31. The number of amides is 2. The van der Waals surface area contributed by atoms with Gasteiger partial charge in [0.25, 0.3) is 0 Å². The number of alkyl halides is 3. The molecule has 1 atom stereocenters. The SMILES string of the molecule is CSc1ccc(C(OC2CN(C(=O)NC(C)C)C2)c2ccccc2)c(C(F)(F)F)c1. The number of nitrogens with one attached hydrogen (secondary N) is 1. The fourth-order valence-electron chi connectivity index (χ4n) is 3.32. The zero-order valence-electron chi connectivity index (χ0n) is 17.1. The molecule has 1 heterocycles. The molecule has 1 N–H and O–H groups in total. The Morgan fingerprint density at radius 2 is 1.83 bits per heavy atom. The van der Waals surface area contributed by atoms with Crippen LogP contribution in [0.4, 0.5) is 18.0 Å². The summed E-state index contributed by atoms with van der Waals surface area (Å²) in [4.78, 5) is 14.2. The number of rotatable bonds is 6. The quantitative estimate of drug-likeness (QED) is 0.620. The van der Waals surface area contributed by atoms with Crippen LogP contribution >= 0.6 is 11.8 Å². The van der Waals surface area contributed by atoms with Gasteiger partial charge >= 0.3 is 12.2 Å². The molecule has 0 aromatic heterocycles. The summed E-state index contributed by atoms with van der Waals surface area (Å²) in [6.45, 7) is 4.42. The Kier molecular flexibility index (Phi) is 6.98. The fourth-order valence-corrected chi connectivity index (χ4v) is 3.76. The van der Waals surface area contributed by atoms with Crippen LogP contribution < -0.4 is 5.32 Å². The molecule has 1 aliphatic rings. The number of carbonyl (C=O) groups excluding carboxylic acids is 1. The highest BCUT2D eigenvalue weighted by Crippen LogP contribution is 2.40. The van der Waals surface area contributed by atoms with E-state index in [1.54, 1.807) is 41.5 Å². The fraction of sp³-hybridized carbons (Fsp3) is 0.409. The molecule has 0 saturated carbocycles. The molecule has 2 aromatic carbocycles. The summed E-state index contributed by atoms with van der Waals surface area (Å²) in [6, 6.07) is 13.0. The zero-order valence-corrected chi connectivity index (χ0v) is 17.9. The highest BCUT2D eigenvalue weighted by molar-refractivity contribution is 7.98. The van der Waals surface area contributed by atoms with Gasteiger partial charge in [-0.05, 0) is 43.4 Å². The second-order valence-electron chi connectivity index (χ2n) is 7.51. The summed E-state index contributed by atoms with van der Waals surface area (Å²) in [6.07, 6.45) is -3.97. The molecular weight excluding hydrogens is 413 g/mol. The van der Waals surface area contributed by atoms with Crippen LogP contribution in [-0.2, 0) is 10.9 Å². The van der Waals surface area contributed by atoms with Crippen molar-refractivity contribution in [1.82, 2.24) is 10.2 Å². The van der Waals surface area contributed by atoms with Gasteiger partial charge in [0.1, 0.15) is 6.10 Å². The average Bonchev–Trinajstić information content (AvgIpc) is 2.66. The van der Waals surface area contributed by atoms with E-state index in [2.05, 4.69) is 5.32 Å². The number of halogens is 3. The Balaban J connectivity index is 1.87. The Labute approximate surface area is 178 Å². The number of ether oxygens (including phenoxy) is 1. The lowest BCUT2D eigenvalue weighted by atomic mass is 9.95. The van der Waals surface area contributed by atoms with Crippen LogP contribution in [0.1, 0.15) is 36.6 Å². The van der Waals surface area contributed by atoms with E-state index in [9.17, 15) is 18.0 Å². The molecule has 0 spiro atoms. The third-order valence-corrected chi connectivity index (χ3v) is 5.55. The average molecular weight is 439 g/mol. The van der Waals surface area contributed by atoms with E-state index in [0.29, 0.717) is 23.5 Å². The summed E-state index contributed by atoms with van der Waals surface area (Å²) in [7, 11) is 0. The van der Waals surface area contributed by atoms with Gasteiger partial charge in [0.2, 0.25) is 0 Å². The van der Waals surface area contributed by atoms with Crippen LogP contribution in [0.25, 0.3) is 0 Å². The molecule has 2 amide bonds.